The number of rotatable bonds is 2. The summed E-state index contributed by atoms with van der Waals surface area (Å²) >= 11 is 6.03. The van der Waals surface area contributed by atoms with Crippen LogP contribution in [0.3, 0.4) is 0 Å². The Labute approximate surface area is 97.1 Å². The third kappa shape index (κ3) is 1.54. The van der Waals surface area contributed by atoms with Gasteiger partial charge in [0.1, 0.15) is 6.29 Å². The second kappa shape index (κ2) is 4.12. The summed E-state index contributed by atoms with van der Waals surface area (Å²) in [7, 11) is 0. The summed E-state index contributed by atoms with van der Waals surface area (Å²) in [6.07, 6.45) is 2.89. The largest absolute Gasteiger partial charge is 0.303 e. The van der Waals surface area contributed by atoms with Crippen LogP contribution in [-0.4, -0.2) is 11.3 Å². The fraction of sp³-hybridized carbons (Fsp3) is 0.400. The molecular weight excluding hydrogens is 228 g/mol. The molecule has 82 valence electrons. The first-order chi connectivity index (χ1) is 7.69. The summed E-state index contributed by atoms with van der Waals surface area (Å²) in [4.78, 5) is 17.8. The van der Waals surface area contributed by atoms with Crippen molar-refractivity contribution in [3.05, 3.63) is 38.5 Å². The molecule has 2 rings (SSSR count). The van der Waals surface area contributed by atoms with Gasteiger partial charge in [-0.2, -0.15) is 0 Å². The molecule has 0 spiro atoms. The number of aryl methyl sites for hydroxylation is 1. The molecule has 0 N–H and O–H groups in total. The molecule has 0 amide bonds. The van der Waals surface area contributed by atoms with Crippen LogP contribution in [0.15, 0.2) is 11.3 Å². The van der Waals surface area contributed by atoms with Gasteiger partial charge in [0.15, 0.2) is 0 Å². The van der Waals surface area contributed by atoms with Crippen molar-refractivity contribution >= 4 is 17.9 Å². The quantitative estimate of drug-likeness (QED) is 0.343. The van der Waals surface area contributed by atoms with Crippen LogP contribution in [0.5, 0.6) is 0 Å². The highest BCUT2D eigenvalue weighted by molar-refractivity contribution is 6.31. The summed E-state index contributed by atoms with van der Waals surface area (Å²) in [5.41, 5.74) is 11.0. The molecule has 1 aromatic rings. The molecule has 2 atom stereocenters. The van der Waals surface area contributed by atoms with Crippen LogP contribution in [0.2, 0.25) is 5.02 Å². The highest BCUT2D eigenvalue weighted by Gasteiger charge is 2.34. The molecule has 1 heterocycles. The van der Waals surface area contributed by atoms with E-state index in [4.69, 9.17) is 17.1 Å². The molecule has 0 aliphatic heterocycles. The summed E-state index contributed by atoms with van der Waals surface area (Å²) in [5.74, 6) is -0.328. The molecule has 0 aromatic carbocycles. The summed E-state index contributed by atoms with van der Waals surface area (Å²) in [6.45, 7) is 1.86. The zero-order chi connectivity index (χ0) is 11.7. The Balaban J connectivity index is 2.62. The van der Waals surface area contributed by atoms with E-state index in [1.165, 1.54) is 6.20 Å². The van der Waals surface area contributed by atoms with Gasteiger partial charge in [-0.1, -0.05) is 16.7 Å². The number of carbonyl (C=O) groups is 1. The Morgan fingerprint density at radius 3 is 3.12 bits per heavy atom. The maximum absolute atomic E-state index is 10.9. The van der Waals surface area contributed by atoms with E-state index in [0.29, 0.717) is 11.4 Å². The van der Waals surface area contributed by atoms with Crippen LogP contribution in [0.4, 0.5) is 0 Å². The number of azide groups is 1. The Morgan fingerprint density at radius 1 is 1.75 bits per heavy atom. The molecule has 0 fully saturated rings. The van der Waals surface area contributed by atoms with Crippen molar-refractivity contribution in [1.29, 1.82) is 0 Å². The lowest BCUT2D eigenvalue weighted by atomic mass is 10.0. The Bertz CT molecular complexity index is 496. The van der Waals surface area contributed by atoms with Crippen LogP contribution in [0.25, 0.3) is 10.4 Å². The van der Waals surface area contributed by atoms with Crippen LogP contribution < -0.4 is 0 Å². The van der Waals surface area contributed by atoms with Gasteiger partial charge >= 0.3 is 0 Å². The highest BCUT2D eigenvalue weighted by Crippen LogP contribution is 2.42. The number of nitrogens with zero attached hydrogens (tertiary/aromatic N) is 4. The number of hydrogen-bond donors (Lipinski definition) is 0. The molecule has 0 saturated carbocycles. The summed E-state index contributed by atoms with van der Waals surface area (Å²) < 4.78 is 0. The zero-order valence-electron chi connectivity index (χ0n) is 8.59. The van der Waals surface area contributed by atoms with E-state index in [1.807, 2.05) is 6.92 Å². The van der Waals surface area contributed by atoms with Gasteiger partial charge in [0.25, 0.3) is 0 Å². The fourth-order valence-corrected chi connectivity index (χ4v) is 2.38. The molecule has 1 aromatic heterocycles. The molecule has 16 heavy (non-hydrogen) atoms. The van der Waals surface area contributed by atoms with Crippen LogP contribution >= 0.6 is 11.6 Å². The van der Waals surface area contributed by atoms with Crippen molar-refractivity contribution in [2.45, 2.75) is 19.4 Å². The third-order valence-corrected chi connectivity index (χ3v) is 3.18. The van der Waals surface area contributed by atoms with E-state index >= 15 is 0 Å². The molecule has 0 bridgehead atoms. The van der Waals surface area contributed by atoms with Crippen LogP contribution in [-0.2, 0) is 11.2 Å². The second-order valence-corrected chi connectivity index (χ2v) is 4.14. The monoisotopic (exact) mass is 236 g/mol. The van der Waals surface area contributed by atoms with Crippen molar-refractivity contribution in [2.24, 2.45) is 11.0 Å². The topological polar surface area (TPSA) is 78.7 Å². The number of fused-ring (bicyclic) bond motifs is 1. The molecule has 0 radical (unpaired) electrons. The van der Waals surface area contributed by atoms with E-state index in [2.05, 4.69) is 15.0 Å². The third-order valence-electron chi connectivity index (χ3n) is 2.88. The second-order valence-electron chi connectivity index (χ2n) is 3.74. The minimum atomic E-state index is -0.494. The predicted octanol–water partition coefficient (Wildman–Crippen LogP) is 2.77. The minimum absolute atomic E-state index is 0.328. The normalized spacial score (nSPS) is 22.4. The Kier molecular flexibility index (Phi) is 2.81. The van der Waals surface area contributed by atoms with Crippen molar-refractivity contribution in [1.82, 2.24) is 4.98 Å². The van der Waals surface area contributed by atoms with Gasteiger partial charge in [0, 0.05) is 22.7 Å². The summed E-state index contributed by atoms with van der Waals surface area (Å²) in [6, 6.07) is -0.494. The van der Waals surface area contributed by atoms with Gasteiger partial charge in [0.05, 0.1) is 11.1 Å². The first-order valence-electron chi connectivity index (χ1n) is 4.82. The lowest BCUT2D eigenvalue weighted by Crippen LogP contribution is -2.06. The number of aromatic nitrogens is 1. The van der Waals surface area contributed by atoms with Crippen molar-refractivity contribution in [2.75, 3.05) is 0 Å². The van der Waals surface area contributed by atoms with E-state index in [-0.39, 0.29) is 5.92 Å². The molecule has 1 aliphatic rings. The van der Waals surface area contributed by atoms with E-state index in [9.17, 15) is 4.79 Å². The average molecular weight is 237 g/mol. The van der Waals surface area contributed by atoms with Gasteiger partial charge in [-0.25, -0.2) is 0 Å². The molecule has 0 saturated heterocycles. The maximum atomic E-state index is 10.9. The fourth-order valence-electron chi connectivity index (χ4n) is 2.10. The molecule has 1 aliphatic carbocycles. The number of halogens is 1. The van der Waals surface area contributed by atoms with Crippen LogP contribution in [0.1, 0.15) is 22.9 Å². The van der Waals surface area contributed by atoms with Crippen LogP contribution in [0, 0.1) is 12.8 Å². The maximum Gasteiger partial charge on any atom is 0.124 e. The SMILES string of the molecule is Cc1ncc(Cl)c2c1C[C@@H](C=O)[C@@H]2N=[N+]=[N-]. The Morgan fingerprint density at radius 2 is 2.50 bits per heavy atom. The van der Waals surface area contributed by atoms with E-state index in [1.54, 1.807) is 0 Å². The number of aldehydes is 1. The molecule has 6 heteroatoms. The van der Waals surface area contributed by atoms with E-state index < -0.39 is 6.04 Å². The van der Waals surface area contributed by atoms with Crippen molar-refractivity contribution in [3.63, 3.8) is 0 Å². The minimum Gasteiger partial charge on any atom is -0.303 e. The van der Waals surface area contributed by atoms with Gasteiger partial charge < -0.3 is 4.79 Å². The first-order valence-corrected chi connectivity index (χ1v) is 5.20. The lowest BCUT2D eigenvalue weighted by molar-refractivity contribution is -0.111. The first kappa shape index (κ1) is 10.9. The summed E-state index contributed by atoms with van der Waals surface area (Å²) in [5, 5.41) is 4.12. The van der Waals surface area contributed by atoms with Crippen molar-refractivity contribution in [3.8, 4) is 0 Å². The lowest BCUT2D eigenvalue weighted by Gasteiger charge is -2.09. The standard InChI is InChI=1S/C10H9ClN4O/c1-5-7-2-6(4-16)10(14-15-12)9(7)8(11)3-13-5/h3-4,6,10H,2H2,1H3/t6-,10-/m0/s1. The average Bonchev–Trinajstić information content (AvgIpc) is 2.64. The molecule has 5 nitrogen and oxygen atoms in total. The zero-order valence-corrected chi connectivity index (χ0v) is 9.35. The molecule has 0 unspecified atom stereocenters. The Hall–Kier alpha value is -1.58. The van der Waals surface area contributed by atoms with Crippen molar-refractivity contribution < 1.29 is 4.79 Å². The predicted molar refractivity (Wildman–Crippen MR) is 59.1 cm³/mol. The van der Waals surface area contributed by atoms with Gasteiger partial charge in [-0.15, -0.1) is 0 Å². The number of hydrogen-bond acceptors (Lipinski definition) is 3. The van der Waals surface area contributed by atoms with Gasteiger partial charge in [-0.05, 0) is 30.0 Å². The number of carbonyl (C=O) groups excluding carboxylic acids is 1. The van der Waals surface area contributed by atoms with Gasteiger partial charge in [-0.3, -0.25) is 4.98 Å². The smallest absolute Gasteiger partial charge is 0.124 e. The molecular formula is C10H9ClN4O. The highest BCUT2D eigenvalue weighted by atomic mass is 35.5. The number of pyridine rings is 1. The van der Waals surface area contributed by atoms with E-state index in [0.717, 1.165) is 23.1 Å². The van der Waals surface area contributed by atoms with Gasteiger partial charge in [0.2, 0.25) is 0 Å².